The van der Waals surface area contributed by atoms with Crippen molar-refractivity contribution in [1.29, 1.82) is 0 Å². The van der Waals surface area contributed by atoms with Crippen LogP contribution in [0.2, 0.25) is 0 Å². The van der Waals surface area contributed by atoms with Crippen molar-refractivity contribution in [3.8, 4) is 5.75 Å². The number of esters is 1. The van der Waals surface area contributed by atoms with Crippen LogP contribution in [-0.4, -0.2) is 25.6 Å². The van der Waals surface area contributed by atoms with E-state index in [9.17, 15) is 14.0 Å². The van der Waals surface area contributed by atoms with Gasteiger partial charge in [-0.2, -0.15) is 0 Å². The number of nitrogens with one attached hydrogen (secondary N) is 1. The average molecular weight is 269 g/mol. The lowest BCUT2D eigenvalue weighted by atomic mass is 10.2. The maximum absolute atomic E-state index is 13.1. The van der Waals surface area contributed by atoms with Crippen molar-refractivity contribution in [2.24, 2.45) is 0 Å². The highest BCUT2D eigenvalue weighted by Gasteiger charge is 2.11. The van der Waals surface area contributed by atoms with E-state index in [1.807, 2.05) is 0 Å². The van der Waals surface area contributed by atoms with Gasteiger partial charge in [0.05, 0.1) is 13.7 Å². The highest BCUT2D eigenvalue weighted by atomic mass is 19.1. The molecule has 0 spiro atoms. The molecular formula is C13H16FNO4. The van der Waals surface area contributed by atoms with Crippen molar-refractivity contribution < 1.29 is 23.5 Å². The summed E-state index contributed by atoms with van der Waals surface area (Å²) in [5, 5.41) is 2.50. The van der Waals surface area contributed by atoms with Crippen molar-refractivity contribution in [1.82, 2.24) is 5.32 Å². The predicted molar refractivity (Wildman–Crippen MR) is 66.0 cm³/mol. The van der Waals surface area contributed by atoms with E-state index >= 15 is 0 Å². The maximum Gasteiger partial charge on any atom is 0.315 e. The summed E-state index contributed by atoms with van der Waals surface area (Å²) in [6, 6.07) is 4.01. The standard InChI is InChI=1S/C13H16FNO4/c1-3-19-13(17)7-12(16)15-8-9-6-10(14)4-5-11(9)18-2/h4-6H,3,7-8H2,1-2H3,(H,15,16). The van der Waals surface area contributed by atoms with Crippen molar-refractivity contribution in [2.45, 2.75) is 19.9 Å². The topological polar surface area (TPSA) is 64.6 Å². The number of methoxy groups -OCH3 is 1. The third kappa shape index (κ3) is 4.95. The van der Waals surface area contributed by atoms with Gasteiger partial charge in [0, 0.05) is 12.1 Å². The lowest BCUT2D eigenvalue weighted by molar-refractivity contribution is -0.146. The Hall–Kier alpha value is -2.11. The fourth-order valence-corrected chi connectivity index (χ4v) is 1.48. The number of rotatable bonds is 6. The van der Waals surface area contributed by atoms with E-state index in [0.717, 1.165) is 0 Å². The number of carbonyl (C=O) groups excluding carboxylic acids is 2. The van der Waals surface area contributed by atoms with Crippen molar-refractivity contribution in [3.63, 3.8) is 0 Å². The lowest BCUT2D eigenvalue weighted by Crippen LogP contribution is -2.26. The van der Waals surface area contributed by atoms with Crippen LogP contribution in [0.1, 0.15) is 18.9 Å². The molecule has 0 unspecified atom stereocenters. The van der Waals surface area contributed by atoms with Gasteiger partial charge < -0.3 is 14.8 Å². The number of hydrogen-bond acceptors (Lipinski definition) is 4. The molecule has 0 saturated heterocycles. The summed E-state index contributed by atoms with van der Waals surface area (Å²) in [5.41, 5.74) is 0.500. The van der Waals surface area contributed by atoms with Gasteiger partial charge in [-0.05, 0) is 25.1 Å². The Balaban J connectivity index is 2.54. The Bertz CT molecular complexity index is 462. The molecule has 19 heavy (non-hydrogen) atoms. The normalized spacial score (nSPS) is 9.84. The number of hydrogen-bond donors (Lipinski definition) is 1. The Labute approximate surface area is 110 Å². The van der Waals surface area contributed by atoms with Crippen LogP contribution in [0.15, 0.2) is 18.2 Å². The van der Waals surface area contributed by atoms with Crippen molar-refractivity contribution in [3.05, 3.63) is 29.6 Å². The SMILES string of the molecule is CCOC(=O)CC(=O)NCc1cc(F)ccc1OC. The van der Waals surface area contributed by atoms with E-state index in [2.05, 4.69) is 10.1 Å². The molecule has 1 aromatic rings. The third-order valence-corrected chi connectivity index (χ3v) is 2.33. The molecule has 0 saturated carbocycles. The average Bonchev–Trinajstić information content (AvgIpc) is 2.36. The quantitative estimate of drug-likeness (QED) is 0.626. The van der Waals surface area contributed by atoms with E-state index < -0.39 is 17.7 Å². The minimum Gasteiger partial charge on any atom is -0.496 e. The van der Waals surface area contributed by atoms with Gasteiger partial charge >= 0.3 is 5.97 Å². The lowest BCUT2D eigenvalue weighted by Gasteiger charge is -2.09. The summed E-state index contributed by atoms with van der Waals surface area (Å²) in [4.78, 5) is 22.5. The molecule has 0 heterocycles. The number of carbonyl (C=O) groups is 2. The Kier molecular flexibility index (Phi) is 5.78. The van der Waals surface area contributed by atoms with Gasteiger partial charge in [0.2, 0.25) is 5.91 Å². The molecule has 0 aliphatic heterocycles. The summed E-state index contributed by atoms with van der Waals surface area (Å²) in [6.07, 6.45) is -0.356. The van der Waals surface area contributed by atoms with E-state index in [-0.39, 0.29) is 19.6 Å². The van der Waals surface area contributed by atoms with E-state index in [0.29, 0.717) is 11.3 Å². The molecule has 1 N–H and O–H groups in total. The van der Waals surface area contributed by atoms with Crippen LogP contribution in [-0.2, 0) is 20.9 Å². The van der Waals surface area contributed by atoms with Crippen LogP contribution in [0, 0.1) is 5.82 Å². The van der Waals surface area contributed by atoms with Gasteiger partial charge in [-0.3, -0.25) is 9.59 Å². The summed E-state index contributed by atoms with van der Waals surface area (Å²) in [5.74, 6) is -1.02. The van der Waals surface area contributed by atoms with Gasteiger partial charge in [-0.1, -0.05) is 0 Å². The Morgan fingerprint density at radius 2 is 2.11 bits per heavy atom. The van der Waals surface area contributed by atoms with Gasteiger partial charge in [0.1, 0.15) is 18.0 Å². The van der Waals surface area contributed by atoms with Gasteiger partial charge in [0.25, 0.3) is 0 Å². The minimum atomic E-state index is -0.591. The molecular weight excluding hydrogens is 253 g/mol. The molecule has 0 fully saturated rings. The highest BCUT2D eigenvalue weighted by molar-refractivity contribution is 5.94. The van der Waals surface area contributed by atoms with Gasteiger partial charge in [-0.25, -0.2) is 4.39 Å². The first-order valence-corrected chi connectivity index (χ1v) is 5.81. The van der Waals surface area contributed by atoms with Crippen LogP contribution in [0.5, 0.6) is 5.75 Å². The molecule has 0 aliphatic carbocycles. The first-order chi connectivity index (χ1) is 9.06. The zero-order valence-corrected chi connectivity index (χ0v) is 10.9. The van der Waals surface area contributed by atoms with Crippen LogP contribution in [0.4, 0.5) is 4.39 Å². The van der Waals surface area contributed by atoms with Crippen molar-refractivity contribution in [2.75, 3.05) is 13.7 Å². The van der Waals surface area contributed by atoms with Gasteiger partial charge in [-0.15, -0.1) is 0 Å². The smallest absolute Gasteiger partial charge is 0.315 e. The molecule has 6 heteroatoms. The highest BCUT2D eigenvalue weighted by Crippen LogP contribution is 2.18. The van der Waals surface area contributed by atoms with E-state index in [1.165, 1.54) is 25.3 Å². The molecule has 1 aromatic carbocycles. The monoisotopic (exact) mass is 269 g/mol. The number of ether oxygens (including phenoxy) is 2. The minimum absolute atomic E-state index is 0.0825. The van der Waals surface area contributed by atoms with Crippen LogP contribution in [0.3, 0.4) is 0 Å². The number of halogens is 1. The molecule has 0 aliphatic rings. The molecule has 0 aromatic heterocycles. The van der Waals surface area contributed by atoms with E-state index in [4.69, 9.17) is 4.74 Å². The fraction of sp³-hybridized carbons (Fsp3) is 0.385. The first-order valence-electron chi connectivity index (χ1n) is 5.81. The molecule has 104 valence electrons. The maximum atomic E-state index is 13.1. The fourth-order valence-electron chi connectivity index (χ4n) is 1.48. The van der Waals surface area contributed by atoms with Crippen LogP contribution < -0.4 is 10.1 Å². The van der Waals surface area contributed by atoms with Crippen LogP contribution in [0.25, 0.3) is 0 Å². The summed E-state index contributed by atoms with van der Waals surface area (Å²) in [6.45, 7) is 1.97. The molecule has 0 bridgehead atoms. The summed E-state index contributed by atoms with van der Waals surface area (Å²) < 4.78 is 22.8. The zero-order valence-electron chi connectivity index (χ0n) is 10.9. The third-order valence-electron chi connectivity index (χ3n) is 2.33. The second-order valence-corrected chi connectivity index (χ2v) is 3.71. The largest absolute Gasteiger partial charge is 0.496 e. The molecule has 1 amide bonds. The number of amides is 1. The Morgan fingerprint density at radius 1 is 1.37 bits per heavy atom. The Morgan fingerprint density at radius 3 is 2.74 bits per heavy atom. The number of benzene rings is 1. The molecule has 0 atom stereocenters. The van der Waals surface area contributed by atoms with Crippen molar-refractivity contribution >= 4 is 11.9 Å². The van der Waals surface area contributed by atoms with Crippen LogP contribution >= 0.6 is 0 Å². The second kappa shape index (κ2) is 7.35. The molecule has 1 rings (SSSR count). The predicted octanol–water partition coefficient (Wildman–Crippen LogP) is 1.40. The summed E-state index contributed by atoms with van der Waals surface area (Å²) in [7, 11) is 1.46. The van der Waals surface area contributed by atoms with Gasteiger partial charge in [0.15, 0.2) is 0 Å². The molecule has 0 radical (unpaired) electrons. The second-order valence-electron chi connectivity index (χ2n) is 3.71. The first kappa shape index (κ1) is 14.9. The van der Waals surface area contributed by atoms with E-state index in [1.54, 1.807) is 6.92 Å². The summed E-state index contributed by atoms with van der Waals surface area (Å²) >= 11 is 0. The zero-order chi connectivity index (χ0) is 14.3. The molecule has 5 nitrogen and oxygen atoms in total.